The number of hydrogen-bond donors (Lipinski definition) is 0. The minimum atomic E-state index is -3.47. The van der Waals surface area contributed by atoms with E-state index in [9.17, 15) is 8.42 Å². The molecule has 130 valence electrons. The molecule has 2 atom stereocenters. The molecule has 23 heavy (non-hydrogen) atoms. The summed E-state index contributed by atoms with van der Waals surface area (Å²) >= 11 is 0. The molecule has 0 radical (unpaired) electrons. The monoisotopic (exact) mass is 339 g/mol. The van der Waals surface area contributed by atoms with E-state index in [1.165, 1.54) is 0 Å². The molecule has 1 saturated heterocycles. The smallest absolute Gasteiger partial charge is 0.243 e. The van der Waals surface area contributed by atoms with Crippen LogP contribution in [0.3, 0.4) is 0 Å². The van der Waals surface area contributed by atoms with Gasteiger partial charge in [-0.15, -0.1) is 0 Å². The highest BCUT2D eigenvalue weighted by molar-refractivity contribution is 7.89. The van der Waals surface area contributed by atoms with Crippen LogP contribution >= 0.6 is 0 Å². The molecular formula is C18H29NO3S. The predicted molar refractivity (Wildman–Crippen MR) is 93.0 cm³/mol. The molecule has 1 heterocycles. The van der Waals surface area contributed by atoms with E-state index in [1.807, 2.05) is 12.1 Å². The molecule has 1 aromatic carbocycles. The zero-order chi connectivity index (χ0) is 17.2. The molecule has 0 saturated carbocycles. The minimum Gasteiger partial charge on any atom is -0.381 e. The average Bonchev–Trinajstić information content (AvgIpc) is 2.54. The van der Waals surface area contributed by atoms with Crippen LogP contribution in [0.2, 0.25) is 0 Å². The molecule has 1 aliphatic heterocycles. The first-order chi connectivity index (χ1) is 10.7. The summed E-state index contributed by atoms with van der Waals surface area (Å²) in [4.78, 5) is 0.374. The van der Waals surface area contributed by atoms with Crippen LogP contribution in [0.4, 0.5) is 0 Å². The molecule has 0 aliphatic carbocycles. The Labute approximate surface area is 140 Å². The van der Waals surface area contributed by atoms with E-state index < -0.39 is 10.0 Å². The van der Waals surface area contributed by atoms with Gasteiger partial charge in [0.05, 0.1) is 11.5 Å². The van der Waals surface area contributed by atoms with Gasteiger partial charge in [-0.2, -0.15) is 4.31 Å². The normalized spacial score (nSPS) is 23.0. The molecule has 0 amide bonds. The molecule has 2 rings (SSSR count). The quantitative estimate of drug-likeness (QED) is 0.825. The summed E-state index contributed by atoms with van der Waals surface area (Å²) in [6.45, 7) is 9.72. The summed E-state index contributed by atoms with van der Waals surface area (Å²) in [7, 11) is -1.76. The van der Waals surface area contributed by atoms with Gasteiger partial charge in [0.25, 0.3) is 0 Å². The van der Waals surface area contributed by atoms with Gasteiger partial charge < -0.3 is 4.74 Å². The topological polar surface area (TPSA) is 46.6 Å². The highest BCUT2D eigenvalue weighted by Crippen LogP contribution is 2.30. The third-order valence-electron chi connectivity index (χ3n) is 4.91. The van der Waals surface area contributed by atoms with Gasteiger partial charge in [-0.1, -0.05) is 39.8 Å². The van der Waals surface area contributed by atoms with Crippen molar-refractivity contribution in [3.8, 4) is 0 Å². The zero-order valence-corrected chi connectivity index (χ0v) is 15.6. The summed E-state index contributed by atoms with van der Waals surface area (Å²) in [5.74, 6) is 1.02. The Morgan fingerprint density at radius 3 is 2.26 bits per heavy atom. The maximum Gasteiger partial charge on any atom is 0.243 e. The fourth-order valence-electron chi connectivity index (χ4n) is 3.21. The van der Waals surface area contributed by atoms with Crippen LogP contribution in [0, 0.1) is 11.8 Å². The van der Waals surface area contributed by atoms with Crippen molar-refractivity contribution < 1.29 is 13.2 Å². The van der Waals surface area contributed by atoms with Gasteiger partial charge in [0, 0.05) is 25.6 Å². The third-order valence-corrected chi connectivity index (χ3v) is 6.81. The number of ether oxygens (including phenoxy) is 1. The van der Waals surface area contributed by atoms with Gasteiger partial charge >= 0.3 is 0 Å². The van der Waals surface area contributed by atoms with Gasteiger partial charge in [0.15, 0.2) is 0 Å². The van der Waals surface area contributed by atoms with Crippen LogP contribution in [0.1, 0.15) is 45.6 Å². The van der Waals surface area contributed by atoms with Crippen LogP contribution in [-0.2, 0) is 14.8 Å². The highest BCUT2D eigenvalue weighted by Gasteiger charge is 2.36. The second-order valence-electron chi connectivity index (χ2n) is 7.08. The second kappa shape index (κ2) is 7.32. The fourth-order valence-corrected chi connectivity index (χ4v) is 4.64. The van der Waals surface area contributed by atoms with E-state index in [4.69, 9.17) is 4.74 Å². The predicted octanol–water partition coefficient (Wildman–Crippen LogP) is 3.49. The van der Waals surface area contributed by atoms with Crippen molar-refractivity contribution in [1.29, 1.82) is 0 Å². The van der Waals surface area contributed by atoms with Gasteiger partial charge in [-0.05, 0) is 36.0 Å². The van der Waals surface area contributed by atoms with Crippen molar-refractivity contribution in [3.63, 3.8) is 0 Å². The molecule has 0 bridgehead atoms. The largest absolute Gasteiger partial charge is 0.381 e. The second-order valence-corrected chi connectivity index (χ2v) is 9.08. The van der Waals surface area contributed by atoms with Crippen molar-refractivity contribution in [2.75, 3.05) is 20.3 Å². The van der Waals surface area contributed by atoms with Crippen LogP contribution in [0.5, 0.6) is 0 Å². The lowest BCUT2D eigenvalue weighted by molar-refractivity contribution is -0.00282. The molecular weight excluding hydrogens is 310 g/mol. The molecule has 1 fully saturated rings. The van der Waals surface area contributed by atoms with Crippen molar-refractivity contribution in [3.05, 3.63) is 29.8 Å². The molecule has 0 aromatic heterocycles. The number of rotatable bonds is 5. The Bertz CT molecular complexity index is 608. The van der Waals surface area contributed by atoms with Gasteiger partial charge in [-0.25, -0.2) is 8.42 Å². The van der Waals surface area contributed by atoms with Crippen molar-refractivity contribution >= 4 is 10.0 Å². The lowest BCUT2D eigenvalue weighted by Crippen LogP contribution is -2.48. The number of nitrogens with zero attached hydrogens (tertiary/aromatic N) is 1. The molecule has 0 N–H and O–H groups in total. The molecule has 4 nitrogen and oxygen atoms in total. The summed E-state index contributed by atoms with van der Waals surface area (Å²) in [5.41, 5.74) is 1.15. The fraction of sp³-hybridized carbons (Fsp3) is 0.667. The Kier molecular flexibility index (Phi) is 5.87. The third kappa shape index (κ3) is 3.95. The van der Waals surface area contributed by atoms with Gasteiger partial charge in [0.1, 0.15) is 0 Å². The number of sulfonamides is 1. The molecule has 0 spiro atoms. The Morgan fingerprint density at radius 1 is 1.13 bits per heavy atom. The Balaban J connectivity index is 2.26. The van der Waals surface area contributed by atoms with Crippen molar-refractivity contribution in [2.24, 2.45) is 11.8 Å². The first-order valence-electron chi connectivity index (χ1n) is 8.41. The first kappa shape index (κ1) is 18.4. The molecule has 1 aromatic rings. The summed E-state index contributed by atoms with van der Waals surface area (Å²) in [6, 6.07) is 7.28. The van der Waals surface area contributed by atoms with E-state index in [0.717, 1.165) is 12.0 Å². The maximum absolute atomic E-state index is 13.0. The van der Waals surface area contributed by atoms with Crippen molar-refractivity contribution in [1.82, 2.24) is 4.31 Å². The van der Waals surface area contributed by atoms with Crippen LogP contribution < -0.4 is 0 Å². The Hall–Kier alpha value is -0.910. The summed E-state index contributed by atoms with van der Waals surface area (Å²) < 4.78 is 33.1. The lowest BCUT2D eigenvalue weighted by atomic mass is 9.86. The number of benzene rings is 1. The summed E-state index contributed by atoms with van der Waals surface area (Å²) in [6.07, 6.45) is 0.753. The lowest BCUT2D eigenvalue weighted by Gasteiger charge is -2.39. The zero-order valence-electron chi connectivity index (χ0n) is 14.8. The van der Waals surface area contributed by atoms with E-state index in [2.05, 4.69) is 27.7 Å². The van der Waals surface area contributed by atoms with E-state index in [-0.39, 0.29) is 12.0 Å². The van der Waals surface area contributed by atoms with Crippen LogP contribution in [0.25, 0.3) is 0 Å². The van der Waals surface area contributed by atoms with Gasteiger partial charge in [0.2, 0.25) is 10.0 Å². The van der Waals surface area contributed by atoms with Crippen LogP contribution in [0.15, 0.2) is 29.2 Å². The molecule has 1 aliphatic rings. The SMILES string of the molecule is CC(C)c1ccc(S(=O)(=O)N(C)C2CCOCC2C(C)C)cc1. The first-order valence-corrected chi connectivity index (χ1v) is 9.85. The van der Waals surface area contributed by atoms with E-state index in [0.29, 0.717) is 29.9 Å². The molecule has 5 heteroatoms. The number of hydrogen-bond acceptors (Lipinski definition) is 3. The van der Waals surface area contributed by atoms with Gasteiger partial charge in [-0.3, -0.25) is 0 Å². The van der Waals surface area contributed by atoms with Crippen LogP contribution in [-0.4, -0.2) is 39.0 Å². The molecule has 2 unspecified atom stereocenters. The maximum atomic E-state index is 13.0. The minimum absolute atomic E-state index is 0.00137. The summed E-state index contributed by atoms with van der Waals surface area (Å²) in [5, 5.41) is 0. The van der Waals surface area contributed by atoms with E-state index in [1.54, 1.807) is 23.5 Å². The van der Waals surface area contributed by atoms with Crippen molar-refractivity contribution in [2.45, 2.75) is 51.0 Å². The average molecular weight is 340 g/mol. The van der Waals surface area contributed by atoms with E-state index >= 15 is 0 Å². The standard InChI is InChI=1S/C18H29NO3S/c1-13(2)15-6-8-16(9-7-15)23(20,21)19(5)18-10-11-22-12-17(18)14(3)4/h6-9,13-14,17-18H,10-12H2,1-5H3. The Morgan fingerprint density at radius 2 is 1.74 bits per heavy atom. The highest BCUT2D eigenvalue weighted by atomic mass is 32.2.